The van der Waals surface area contributed by atoms with E-state index in [0.29, 0.717) is 25.7 Å². The first-order chi connectivity index (χ1) is 9.71. The molecular formula is C10H18O9S2. The van der Waals surface area contributed by atoms with E-state index in [-0.39, 0.29) is 13.2 Å². The van der Waals surface area contributed by atoms with Crippen LogP contribution in [0.5, 0.6) is 0 Å². The summed E-state index contributed by atoms with van der Waals surface area (Å²) in [7, 11) is -8.75. The second kappa shape index (κ2) is 10.7. The smallest absolute Gasteiger partial charge is 0.397 e. The standard InChI is InChI=1S/C10H18O9S2/c11-20(12,13)18-9-5-1-3-7-17-8-4-2-6-10-19-21(14,15)16/h3-4,7-8H,1-2,5-6,9-10H2,(H,11,12,13)(H,14,15,16). The van der Waals surface area contributed by atoms with Crippen LogP contribution in [0.3, 0.4) is 0 Å². The van der Waals surface area contributed by atoms with Gasteiger partial charge in [-0.3, -0.25) is 9.11 Å². The van der Waals surface area contributed by atoms with Gasteiger partial charge in [0.2, 0.25) is 0 Å². The summed E-state index contributed by atoms with van der Waals surface area (Å²) in [6.07, 6.45) is 7.86. The largest absolute Gasteiger partial charge is 0.473 e. The quantitative estimate of drug-likeness (QED) is 0.303. The molecule has 0 bridgehead atoms. The molecule has 0 unspecified atom stereocenters. The van der Waals surface area contributed by atoms with Crippen LogP contribution in [0.25, 0.3) is 0 Å². The lowest BCUT2D eigenvalue weighted by molar-refractivity contribution is 0.264. The highest BCUT2D eigenvalue weighted by atomic mass is 32.3. The second-order valence-corrected chi connectivity index (χ2v) is 5.85. The van der Waals surface area contributed by atoms with Gasteiger partial charge in [0.05, 0.1) is 25.7 Å². The Kier molecular flexibility index (Phi) is 10.2. The molecule has 0 amide bonds. The van der Waals surface area contributed by atoms with Crippen LogP contribution in [0.2, 0.25) is 0 Å². The summed E-state index contributed by atoms with van der Waals surface area (Å²) in [4.78, 5) is 0. The summed E-state index contributed by atoms with van der Waals surface area (Å²) in [5.41, 5.74) is 0. The summed E-state index contributed by atoms with van der Waals surface area (Å²) < 4.78 is 70.5. The van der Waals surface area contributed by atoms with Crippen LogP contribution in [-0.2, 0) is 33.9 Å². The SMILES string of the molecule is O=S(=O)(O)OCCCC=COC=CCCCOS(=O)(=O)O. The number of hydrogen-bond acceptors (Lipinski definition) is 7. The zero-order valence-electron chi connectivity index (χ0n) is 11.1. The molecule has 0 radical (unpaired) electrons. The fraction of sp³-hybridized carbons (Fsp3) is 0.600. The average Bonchev–Trinajstić information content (AvgIpc) is 2.32. The van der Waals surface area contributed by atoms with Crippen LogP contribution in [0.1, 0.15) is 25.7 Å². The molecule has 0 spiro atoms. The third kappa shape index (κ3) is 19.0. The van der Waals surface area contributed by atoms with Gasteiger partial charge >= 0.3 is 20.8 Å². The number of rotatable bonds is 12. The molecule has 21 heavy (non-hydrogen) atoms. The minimum atomic E-state index is -4.38. The first-order valence-electron chi connectivity index (χ1n) is 5.90. The molecule has 0 aliphatic heterocycles. The van der Waals surface area contributed by atoms with Gasteiger partial charge in [-0.2, -0.15) is 16.8 Å². The van der Waals surface area contributed by atoms with Crippen molar-refractivity contribution in [2.24, 2.45) is 0 Å². The summed E-state index contributed by atoms with van der Waals surface area (Å²) in [6, 6.07) is 0. The van der Waals surface area contributed by atoms with E-state index < -0.39 is 20.8 Å². The van der Waals surface area contributed by atoms with Gasteiger partial charge in [-0.15, -0.1) is 0 Å². The van der Waals surface area contributed by atoms with Crippen molar-refractivity contribution in [3.05, 3.63) is 24.7 Å². The van der Waals surface area contributed by atoms with Crippen molar-refractivity contribution in [1.29, 1.82) is 0 Å². The molecule has 0 atom stereocenters. The molecule has 0 heterocycles. The zero-order valence-corrected chi connectivity index (χ0v) is 12.8. The molecular weight excluding hydrogens is 328 g/mol. The first kappa shape index (κ1) is 20.0. The van der Waals surface area contributed by atoms with Crippen LogP contribution in [0, 0.1) is 0 Å². The van der Waals surface area contributed by atoms with Crippen molar-refractivity contribution in [2.45, 2.75) is 25.7 Å². The predicted molar refractivity (Wildman–Crippen MR) is 72.8 cm³/mol. The van der Waals surface area contributed by atoms with E-state index in [1.807, 2.05) is 0 Å². The molecule has 0 rings (SSSR count). The molecule has 0 saturated heterocycles. The van der Waals surface area contributed by atoms with E-state index >= 15 is 0 Å². The number of ether oxygens (including phenoxy) is 1. The Hall–Kier alpha value is -0.980. The lowest BCUT2D eigenvalue weighted by atomic mass is 10.3. The van der Waals surface area contributed by atoms with Gasteiger partial charge in [-0.05, 0) is 37.8 Å². The third-order valence-electron chi connectivity index (χ3n) is 1.84. The van der Waals surface area contributed by atoms with E-state index in [9.17, 15) is 16.8 Å². The fourth-order valence-electron chi connectivity index (χ4n) is 1.02. The molecule has 9 nitrogen and oxygen atoms in total. The Bertz CT molecular complexity index is 471. The monoisotopic (exact) mass is 346 g/mol. The lowest BCUT2D eigenvalue weighted by Crippen LogP contribution is -2.04. The highest BCUT2D eigenvalue weighted by molar-refractivity contribution is 7.81. The van der Waals surface area contributed by atoms with Gasteiger partial charge < -0.3 is 4.74 Å². The Morgan fingerprint density at radius 2 is 1.14 bits per heavy atom. The van der Waals surface area contributed by atoms with E-state index in [1.165, 1.54) is 12.5 Å². The molecule has 11 heteroatoms. The maximum atomic E-state index is 10.2. The van der Waals surface area contributed by atoms with E-state index in [1.54, 1.807) is 12.2 Å². The van der Waals surface area contributed by atoms with Crippen LogP contribution in [-0.4, -0.2) is 39.2 Å². The van der Waals surface area contributed by atoms with Crippen molar-refractivity contribution in [1.82, 2.24) is 0 Å². The fourth-order valence-corrected chi connectivity index (χ4v) is 1.68. The summed E-state index contributed by atoms with van der Waals surface area (Å²) in [5.74, 6) is 0. The van der Waals surface area contributed by atoms with Crippen molar-refractivity contribution < 1.29 is 39.0 Å². The minimum absolute atomic E-state index is 0.118. The van der Waals surface area contributed by atoms with Crippen molar-refractivity contribution >= 4 is 20.8 Å². The number of allylic oxidation sites excluding steroid dienone is 2. The lowest BCUT2D eigenvalue weighted by Gasteiger charge is -1.97. The zero-order chi connectivity index (χ0) is 16.2. The maximum absolute atomic E-state index is 10.2. The molecule has 0 aliphatic carbocycles. The molecule has 0 aromatic carbocycles. The molecule has 2 N–H and O–H groups in total. The van der Waals surface area contributed by atoms with Crippen molar-refractivity contribution in [2.75, 3.05) is 13.2 Å². The third-order valence-corrected chi connectivity index (χ3v) is 2.77. The van der Waals surface area contributed by atoms with Crippen molar-refractivity contribution in [3.63, 3.8) is 0 Å². The highest BCUT2D eigenvalue weighted by Crippen LogP contribution is 1.97. The van der Waals surface area contributed by atoms with Gasteiger partial charge in [-0.25, -0.2) is 8.37 Å². The van der Waals surface area contributed by atoms with Crippen LogP contribution < -0.4 is 0 Å². The van der Waals surface area contributed by atoms with Gasteiger partial charge in [-0.1, -0.05) is 0 Å². The Labute approximate surface area is 124 Å². The van der Waals surface area contributed by atoms with Gasteiger partial charge in [0.25, 0.3) is 0 Å². The first-order valence-corrected chi connectivity index (χ1v) is 8.63. The van der Waals surface area contributed by atoms with E-state index in [4.69, 9.17) is 13.8 Å². The maximum Gasteiger partial charge on any atom is 0.397 e. The summed E-state index contributed by atoms with van der Waals surface area (Å²) in [5, 5.41) is 0. The average molecular weight is 346 g/mol. The molecule has 0 fully saturated rings. The molecule has 0 aromatic rings. The number of hydrogen-bond donors (Lipinski definition) is 2. The van der Waals surface area contributed by atoms with Crippen LogP contribution in [0.15, 0.2) is 24.7 Å². The van der Waals surface area contributed by atoms with Gasteiger partial charge in [0.1, 0.15) is 0 Å². The van der Waals surface area contributed by atoms with E-state index in [0.717, 1.165) is 0 Å². The molecule has 0 saturated carbocycles. The highest BCUT2D eigenvalue weighted by Gasteiger charge is 2.02. The topological polar surface area (TPSA) is 136 Å². The van der Waals surface area contributed by atoms with Crippen molar-refractivity contribution in [3.8, 4) is 0 Å². The Balaban J connectivity index is 3.45. The number of unbranched alkanes of at least 4 members (excludes halogenated alkanes) is 2. The predicted octanol–water partition coefficient (Wildman–Crippen LogP) is 1.23. The molecule has 124 valence electrons. The van der Waals surface area contributed by atoms with Crippen LogP contribution >= 0.6 is 0 Å². The normalized spacial score (nSPS) is 13.2. The van der Waals surface area contributed by atoms with Gasteiger partial charge in [0, 0.05) is 0 Å². The summed E-state index contributed by atoms with van der Waals surface area (Å²) in [6.45, 7) is -0.237. The van der Waals surface area contributed by atoms with Crippen LogP contribution in [0.4, 0.5) is 0 Å². The molecule has 0 aliphatic rings. The van der Waals surface area contributed by atoms with E-state index in [2.05, 4.69) is 8.37 Å². The summed E-state index contributed by atoms with van der Waals surface area (Å²) >= 11 is 0. The Morgan fingerprint density at radius 1 is 0.762 bits per heavy atom. The minimum Gasteiger partial charge on any atom is -0.473 e. The van der Waals surface area contributed by atoms with Gasteiger partial charge in [0.15, 0.2) is 0 Å². The second-order valence-electron chi connectivity index (χ2n) is 3.66. The molecule has 0 aromatic heterocycles. The Morgan fingerprint density at radius 3 is 1.48 bits per heavy atom.